The van der Waals surface area contributed by atoms with Crippen LogP contribution in [0.3, 0.4) is 0 Å². The number of hydrogen-bond acceptors (Lipinski definition) is 4. The highest BCUT2D eigenvalue weighted by molar-refractivity contribution is 5.75. The number of aliphatic carboxylic acids is 1. The Hall–Kier alpha value is -0.650. The molecule has 0 radical (unpaired) electrons. The monoisotopic (exact) mass is 245 g/mol. The first-order valence-electron chi connectivity index (χ1n) is 6.18. The van der Waals surface area contributed by atoms with E-state index in [1.807, 2.05) is 13.8 Å². The zero-order valence-corrected chi connectivity index (χ0v) is 10.7. The van der Waals surface area contributed by atoms with Gasteiger partial charge in [0.15, 0.2) is 0 Å². The quantitative estimate of drug-likeness (QED) is 0.642. The number of aliphatic hydroxyl groups excluding tert-OH is 1. The van der Waals surface area contributed by atoms with Crippen molar-refractivity contribution >= 4 is 5.97 Å². The first kappa shape index (κ1) is 14.4. The van der Waals surface area contributed by atoms with Gasteiger partial charge >= 0.3 is 5.97 Å². The average molecular weight is 245 g/mol. The molecule has 0 saturated carbocycles. The smallest absolute Gasteiger partial charge is 0.313 e. The SMILES string of the molecule is CC(C)OCCCN1CCC(CO)(C(=O)O)C1. The van der Waals surface area contributed by atoms with Gasteiger partial charge in [0.2, 0.25) is 0 Å². The van der Waals surface area contributed by atoms with Gasteiger partial charge in [-0.2, -0.15) is 0 Å². The second-order valence-electron chi connectivity index (χ2n) is 5.04. The third-order valence-electron chi connectivity index (χ3n) is 3.26. The maximum Gasteiger partial charge on any atom is 0.313 e. The lowest BCUT2D eigenvalue weighted by Crippen LogP contribution is -2.38. The van der Waals surface area contributed by atoms with E-state index in [1.165, 1.54) is 0 Å². The Bertz CT molecular complexity index is 257. The molecule has 1 aliphatic heterocycles. The van der Waals surface area contributed by atoms with Crippen LogP contribution in [0.15, 0.2) is 0 Å². The van der Waals surface area contributed by atoms with Crippen molar-refractivity contribution < 1.29 is 19.7 Å². The molecule has 0 aromatic rings. The van der Waals surface area contributed by atoms with E-state index in [0.717, 1.165) is 19.5 Å². The summed E-state index contributed by atoms with van der Waals surface area (Å²) in [5.41, 5.74) is -0.946. The summed E-state index contributed by atoms with van der Waals surface area (Å²) in [6.45, 7) is 6.44. The van der Waals surface area contributed by atoms with Gasteiger partial charge in [-0.3, -0.25) is 4.79 Å². The molecule has 1 unspecified atom stereocenters. The molecule has 1 heterocycles. The lowest BCUT2D eigenvalue weighted by atomic mass is 9.88. The number of ether oxygens (including phenoxy) is 1. The van der Waals surface area contributed by atoms with Crippen molar-refractivity contribution in [1.29, 1.82) is 0 Å². The molecular formula is C12H23NO4. The fraction of sp³-hybridized carbons (Fsp3) is 0.917. The van der Waals surface area contributed by atoms with Crippen LogP contribution in [0, 0.1) is 5.41 Å². The number of likely N-dealkylation sites (tertiary alicyclic amines) is 1. The van der Waals surface area contributed by atoms with Crippen LogP contribution in [-0.4, -0.2) is 60.0 Å². The van der Waals surface area contributed by atoms with E-state index >= 15 is 0 Å². The van der Waals surface area contributed by atoms with Gasteiger partial charge in [0.25, 0.3) is 0 Å². The van der Waals surface area contributed by atoms with Crippen LogP contribution in [0.4, 0.5) is 0 Å². The lowest BCUT2D eigenvalue weighted by Gasteiger charge is -2.22. The summed E-state index contributed by atoms with van der Waals surface area (Å²) < 4.78 is 5.44. The fourth-order valence-electron chi connectivity index (χ4n) is 2.13. The van der Waals surface area contributed by atoms with Crippen LogP contribution in [0.2, 0.25) is 0 Å². The summed E-state index contributed by atoms with van der Waals surface area (Å²) in [5.74, 6) is -0.888. The van der Waals surface area contributed by atoms with Crippen LogP contribution < -0.4 is 0 Å². The third-order valence-corrected chi connectivity index (χ3v) is 3.26. The molecule has 0 amide bonds. The summed E-state index contributed by atoms with van der Waals surface area (Å²) in [7, 11) is 0. The predicted octanol–water partition coefficient (Wildman–Crippen LogP) is 0.570. The van der Waals surface area contributed by atoms with Crippen LogP contribution in [0.5, 0.6) is 0 Å². The molecule has 0 bridgehead atoms. The van der Waals surface area contributed by atoms with E-state index in [2.05, 4.69) is 4.90 Å². The molecule has 5 heteroatoms. The number of carbonyl (C=O) groups is 1. The van der Waals surface area contributed by atoms with Gasteiger partial charge in [0.1, 0.15) is 5.41 Å². The van der Waals surface area contributed by atoms with Crippen molar-refractivity contribution in [1.82, 2.24) is 4.90 Å². The van der Waals surface area contributed by atoms with Crippen LogP contribution in [0.25, 0.3) is 0 Å². The summed E-state index contributed by atoms with van der Waals surface area (Å²) in [6.07, 6.45) is 1.67. The van der Waals surface area contributed by atoms with Crippen LogP contribution in [0.1, 0.15) is 26.7 Å². The molecular weight excluding hydrogens is 222 g/mol. The number of carboxylic acid groups (broad SMARTS) is 1. The van der Waals surface area contributed by atoms with Crippen molar-refractivity contribution in [3.05, 3.63) is 0 Å². The van der Waals surface area contributed by atoms with Gasteiger partial charge in [-0.25, -0.2) is 0 Å². The standard InChI is InChI=1S/C12H23NO4/c1-10(2)17-7-3-5-13-6-4-12(8-13,9-14)11(15)16/h10,14H,3-9H2,1-2H3,(H,15,16). The van der Waals surface area contributed by atoms with Crippen molar-refractivity contribution in [2.24, 2.45) is 5.41 Å². The maximum atomic E-state index is 11.1. The predicted molar refractivity (Wildman–Crippen MR) is 63.9 cm³/mol. The second-order valence-corrected chi connectivity index (χ2v) is 5.04. The zero-order chi connectivity index (χ0) is 12.9. The van der Waals surface area contributed by atoms with E-state index in [1.54, 1.807) is 0 Å². The molecule has 17 heavy (non-hydrogen) atoms. The molecule has 2 N–H and O–H groups in total. The molecule has 0 aromatic heterocycles. The first-order chi connectivity index (χ1) is 8.00. The minimum Gasteiger partial charge on any atom is -0.481 e. The molecule has 1 rings (SSSR count). The highest BCUT2D eigenvalue weighted by atomic mass is 16.5. The molecule has 1 aliphatic rings. The Morgan fingerprint density at radius 3 is 2.71 bits per heavy atom. The lowest BCUT2D eigenvalue weighted by molar-refractivity contribution is -0.150. The topological polar surface area (TPSA) is 70.0 Å². The Kier molecular flexibility index (Phi) is 5.36. The fourth-order valence-corrected chi connectivity index (χ4v) is 2.13. The van der Waals surface area contributed by atoms with Gasteiger partial charge in [-0.1, -0.05) is 0 Å². The molecule has 1 atom stereocenters. The summed E-state index contributed by atoms with van der Waals surface area (Å²) in [6, 6.07) is 0. The highest BCUT2D eigenvalue weighted by Gasteiger charge is 2.44. The summed E-state index contributed by atoms with van der Waals surface area (Å²) in [4.78, 5) is 13.2. The van der Waals surface area contributed by atoms with Gasteiger partial charge < -0.3 is 19.8 Å². The molecule has 0 spiro atoms. The molecule has 100 valence electrons. The van der Waals surface area contributed by atoms with Crippen molar-refractivity contribution in [3.63, 3.8) is 0 Å². The van der Waals surface area contributed by atoms with Gasteiger partial charge in [0, 0.05) is 19.7 Å². The van der Waals surface area contributed by atoms with E-state index in [4.69, 9.17) is 9.84 Å². The summed E-state index contributed by atoms with van der Waals surface area (Å²) in [5, 5.41) is 18.3. The normalized spacial score (nSPS) is 25.6. The van der Waals surface area contributed by atoms with Crippen LogP contribution >= 0.6 is 0 Å². The third kappa shape index (κ3) is 3.94. The van der Waals surface area contributed by atoms with Crippen molar-refractivity contribution in [2.75, 3.05) is 32.8 Å². The molecule has 1 saturated heterocycles. The average Bonchev–Trinajstić information content (AvgIpc) is 2.69. The maximum absolute atomic E-state index is 11.1. The molecule has 1 fully saturated rings. The number of nitrogens with zero attached hydrogens (tertiary/aromatic N) is 1. The molecule has 5 nitrogen and oxygen atoms in total. The van der Waals surface area contributed by atoms with Gasteiger partial charge in [0.05, 0.1) is 12.7 Å². The zero-order valence-electron chi connectivity index (χ0n) is 10.7. The Balaban J connectivity index is 2.28. The first-order valence-corrected chi connectivity index (χ1v) is 6.18. The molecule has 0 aliphatic carbocycles. The van der Waals surface area contributed by atoms with Crippen molar-refractivity contribution in [3.8, 4) is 0 Å². The molecule has 0 aromatic carbocycles. The largest absolute Gasteiger partial charge is 0.481 e. The van der Waals surface area contributed by atoms with Crippen LogP contribution in [-0.2, 0) is 9.53 Å². The summed E-state index contributed by atoms with van der Waals surface area (Å²) >= 11 is 0. The number of hydrogen-bond donors (Lipinski definition) is 2. The number of aliphatic hydroxyl groups is 1. The highest BCUT2D eigenvalue weighted by Crippen LogP contribution is 2.30. The Morgan fingerprint density at radius 2 is 2.24 bits per heavy atom. The van der Waals surface area contributed by atoms with E-state index < -0.39 is 11.4 Å². The van der Waals surface area contributed by atoms with E-state index in [9.17, 15) is 9.90 Å². The Labute approximate surface area is 102 Å². The van der Waals surface area contributed by atoms with E-state index in [-0.39, 0.29) is 12.7 Å². The van der Waals surface area contributed by atoms with Gasteiger partial charge in [-0.05, 0) is 33.2 Å². The minimum atomic E-state index is -0.946. The number of carboxylic acids is 1. The van der Waals surface area contributed by atoms with Crippen molar-refractivity contribution in [2.45, 2.75) is 32.8 Å². The van der Waals surface area contributed by atoms with Gasteiger partial charge in [-0.15, -0.1) is 0 Å². The Morgan fingerprint density at radius 1 is 1.53 bits per heavy atom. The second kappa shape index (κ2) is 6.33. The minimum absolute atomic E-state index is 0.240. The number of rotatable bonds is 7. The van der Waals surface area contributed by atoms with E-state index in [0.29, 0.717) is 19.6 Å².